The highest BCUT2D eigenvalue weighted by atomic mass is 19.4. The number of piperazine rings is 1. The Morgan fingerprint density at radius 3 is 2.56 bits per heavy atom. The zero-order chi connectivity index (χ0) is 18.2. The Kier molecular flexibility index (Phi) is 4.51. The Balaban J connectivity index is 1.71. The van der Waals surface area contributed by atoms with Gasteiger partial charge in [0.05, 0.1) is 18.2 Å². The van der Waals surface area contributed by atoms with E-state index in [1.165, 1.54) is 12.1 Å². The van der Waals surface area contributed by atoms with Crippen molar-refractivity contribution in [2.24, 2.45) is 0 Å². The average molecular weight is 354 g/mol. The second-order valence-corrected chi connectivity index (χ2v) is 5.99. The van der Waals surface area contributed by atoms with Gasteiger partial charge in [-0.3, -0.25) is 9.69 Å². The monoisotopic (exact) mass is 354 g/mol. The van der Waals surface area contributed by atoms with Crippen molar-refractivity contribution in [3.8, 4) is 11.4 Å². The molecular weight excluding hydrogens is 337 g/mol. The van der Waals surface area contributed by atoms with Crippen molar-refractivity contribution < 1.29 is 22.5 Å². The first-order valence-electron chi connectivity index (χ1n) is 7.75. The average Bonchev–Trinajstić information content (AvgIpc) is 3.03. The Morgan fingerprint density at radius 2 is 1.92 bits per heavy atom. The molecule has 1 aliphatic rings. The number of nitrogens with zero attached hydrogens (tertiary/aromatic N) is 4. The predicted molar refractivity (Wildman–Crippen MR) is 82.2 cm³/mol. The fourth-order valence-corrected chi connectivity index (χ4v) is 2.69. The van der Waals surface area contributed by atoms with Crippen LogP contribution in [0.15, 0.2) is 28.8 Å². The molecule has 1 unspecified atom stereocenters. The minimum atomic E-state index is -4.38. The summed E-state index contributed by atoms with van der Waals surface area (Å²) in [5, 5.41) is 3.81. The summed E-state index contributed by atoms with van der Waals surface area (Å²) in [4.78, 5) is 19.8. The lowest BCUT2D eigenvalue weighted by atomic mass is 10.1. The number of alkyl halides is 3. The van der Waals surface area contributed by atoms with Crippen molar-refractivity contribution in [2.75, 3.05) is 20.1 Å². The van der Waals surface area contributed by atoms with E-state index in [4.69, 9.17) is 4.52 Å². The summed E-state index contributed by atoms with van der Waals surface area (Å²) in [5.74, 6) is 0.560. The van der Waals surface area contributed by atoms with E-state index < -0.39 is 11.7 Å². The van der Waals surface area contributed by atoms with E-state index in [2.05, 4.69) is 10.1 Å². The number of rotatable bonds is 3. The third kappa shape index (κ3) is 3.65. The van der Waals surface area contributed by atoms with Gasteiger partial charge in [0.2, 0.25) is 17.6 Å². The summed E-state index contributed by atoms with van der Waals surface area (Å²) in [6, 6.07) is 4.28. The lowest BCUT2D eigenvalue weighted by molar-refractivity contribution is -0.140. The van der Waals surface area contributed by atoms with Crippen LogP contribution in [0.1, 0.15) is 18.4 Å². The van der Waals surface area contributed by atoms with Crippen molar-refractivity contribution in [1.82, 2.24) is 19.9 Å². The fraction of sp³-hybridized carbons (Fsp3) is 0.438. The van der Waals surface area contributed by atoms with Crippen LogP contribution in [0.3, 0.4) is 0 Å². The molecule has 0 spiro atoms. The molecule has 2 heterocycles. The van der Waals surface area contributed by atoms with E-state index in [0.29, 0.717) is 31.1 Å². The Morgan fingerprint density at radius 1 is 1.24 bits per heavy atom. The Bertz CT molecular complexity index is 757. The minimum Gasteiger partial charge on any atom is -0.343 e. The van der Waals surface area contributed by atoms with E-state index in [1.807, 2.05) is 11.8 Å². The number of aromatic nitrogens is 2. The molecule has 0 saturated carbocycles. The summed E-state index contributed by atoms with van der Waals surface area (Å²) < 4.78 is 43.0. The van der Waals surface area contributed by atoms with Crippen molar-refractivity contribution in [1.29, 1.82) is 0 Å². The molecule has 0 aliphatic carbocycles. The SMILES string of the molecule is CC1C(=O)N(C)CCN1Cc1nc(-c2ccc(C(F)(F)F)cc2)no1. The summed E-state index contributed by atoms with van der Waals surface area (Å²) in [7, 11) is 1.76. The van der Waals surface area contributed by atoms with Gasteiger partial charge < -0.3 is 9.42 Å². The van der Waals surface area contributed by atoms with Crippen molar-refractivity contribution >= 4 is 5.91 Å². The molecule has 9 heteroatoms. The van der Waals surface area contributed by atoms with Crippen LogP contribution in [0.5, 0.6) is 0 Å². The number of carbonyl (C=O) groups excluding carboxylic acids is 1. The number of halogens is 3. The molecule has 1 amide bonds. The third-order valence-corrected chi connectivity index (χ3v) is 4.28. The van der Waals surface area contributed by atoms with E-state index in [-0.39, 0.29) is 17.8 Å². The maximum absolute atomic E-state index is 12.6. The van der Waals surface area contributed by atoms with Gasteiger partial charge in [0.15, 0.2) is 0 Å². The van der Waals surface area contributed by atoms with Crippen LogP contribution < -0.4 is 0 Å². The van der Waals surface area contributed by atoms with Gasteiger partial charge in [-0.15, -0.1) is 0 Å². The van der Waals surface area contributed by atoms with Crippen molar-refractivity contribution in [3.05, 3.63) is 35.7 Å². The van der Waals surface area contributed by atoms with Crippen LogP contribution >= 0.6 is 0 Å². The molecule has 1 aliphatic heterocycles. The molecule has 1 saturated heterocycles. The summed E-state index contributed by atoms with van der Waals surface area (Å²) in [5.41, 5.74) is -0.296. The van der Waals surface area contributed by atoms with E-state index in [0.717, 1.165) is 12.1 Å². The molecule has 1 fully saturated rings. The highest BCUT2D eigenvalue weighted by Crippen LogP contribution is 2.30. The van der Waals surface area contributed by atoms with Crippen LogP contribution in [0.25, 0.3) is 11.4 Å². The van der Waals surface area contributed by atoms with Crippen LogP contribution in [0, 0.1) is 0 Å². The van der Waals surface area contributed by atoms with Crippen LogP contribution in [-0.2, 0) is 17.5 Å². The second kappa shape index (κ2) is 6.47. The lowest BCUT2D eigenvalue weighted by Gasteiger charge is -2.36. The van der Waals surface area contributed by atoms with Gasteiger partial charge in [0.25, 0.3) is 0 Å². The molecular formula is C16H17F3N4O2. The van der Waals surface area contributed by atoms with Crippen LogP contribution in [0.4, 0.5) is 13.2 Å². The number of carbonyl (C=O) groups is 1. The van der Waals surface area contributed by atoms with E-state index in [9.17, 15) is 18.0 Å². The maximum Gasteiger partial charge on any atom is 0.416 e. The Labute approximate surface area is 142 Å². The quantitative estimate of drug-likeness (QED) is 0.847. The molecule has 0 radical (unpaired) electrons. The highest BCUT2D eigenvalue weighted by molar-refractivity contribution is 5.81. The van der Waals surface area contributed by atoms with Crippen LogP contribution in [-0.4, -0.2) is 52.0 Å². The first kappa shape index (κ1) is 17.4. The number of amides is 1. The Hall–Kier alpha value is -2.42. The van der Waals surface area contributed by atoms with Gasteiger partial charge in [-0.2, -0.15) is 18.2 Å². The number of hydrogen-bond donors (Lipinski definition) is 0. The van der Waals surface area contributed by atoms with Gasteiger partial charge in [0.1, 0.15) is 0 Å². The van der Waals surface area contributed by atoms with Crippen molar-refractivity contribution in [3.63, 3.8) is 0 Å². The number of benzene rings is 1. The summed E-state index contributed by atoms with van der Waals surface area (Å²) in [6.45, 7) is 3.42. The zero-order valence-corrected chi connectivity index (χ0v) is 13.7. The number of likely N-dealkylation sites (N-methyl/N-ethyl adjacent to an activating group) is 1. The second-order valence-electron chi connectivity index (χ2n) is 5.99. The molecule has 3 rings (SSSR count). The highest BCUT2D eigenvalue weighted by Gasteiger charge is 2.31. The molecule has 2 aromatic rings. The number of hydrogen-bond acceptors (Lipinski definition) is 5. The molecule has 0 N–H and O–H groups in total. The third-order valence-electron chi connectivity index (χ3n) is 4.28. The predicted octanol–water partition coefficient (Wildman–Crippen LogP) is 2.42. The molecule has 1 atom stereocenters. The molecule has 25 heavy (non-hydrogen) atoms. The van der Waals surface area contributed by atoms with Gasteiger partial charge >= 0.3 is 6.18 Å². The topological polar surface area (TPSA) is 62.5 Å². The van der Waals surface area contributed by atoms with E-state index in [1.54, 1.807) is 11.9 Å². The minimum absolute atomic E-state index is 0.0220. The summed E-state index contributed by atoms with van der Waals surface area (Å²) in [6.07, 6.45) is -4.38. The largest absolute Gasteiger partial charge is 0.416 e. The normalized spacial score (nSPS) is 19.5. The molecule has 1 aromatic carbocycles. The molecule has 6 nitrogen and oxygen atoms in total. The summed E-state index contributed by atoms with van der Waals surface area (Å²) >= 11 is 0. The standard InChI is InChI=1S/C16H17F3N4O2/c1-10-15(24)22(2)7-8-23(10)9-13-20-14(21-25-13)11-3-5-12(6-4-11)16(17,18)19/h3-6,10H,7-9H2,1-2H3. The maximum atomic E-state index is 12.6. The first-order valence-corrected chi connectivity index (χ1v) is 7.75. The molecule has 1 aromatic heterocycles. The zero-order valence-electron chi connectivity index (χ0n) is 13.7. The lowest BCUT2D eigenvalue weighted by Crippen LogP contribution is -2.53. The van der Waals surface area contributed by atoms with Crippen LogP contribution in [0.2, 0.25) is 0 Å². The fourth-order valence-electron chi connectivity index (χ4n) is 2.69. The molecule has 0 bridgehead atoms. The van der Waals surface area contributed by atoms with Crippen molar-refractivity contribution in [2.45, 2.75) is 25.7 Å². The van der Waals surface area contributed by atoms with Gasteiger partial charge in [-0.05, 0) is 19.1 Å². The smallest absolute Gasteiger partial charge is 0.343 e. The molecule has 134 valence electrons. The first-order chi connectivity index (χ1) is 11.8. The van der Waals surface area contributed by atoms with Gasteiger partial charge in [-0.25, -0.2) is 0 Å². The van der Waals surface area contributed by atoms with E-state index >= 15 is 0 Å². The van der Waals surface area contributed by atoms with Gasteiger partial charge in [-0.1, -0.05) is 17.3 Å². The van der Waals surface area contributed by atoms with Gasteiger partial charge in [0, 0.05) is 25.7 Å².